The van der Waals surface area contributed by atoms with E-state index in [-0.39, 0.29) is 11.4 Å². The van der Waals surface area contributed by atoms with Gasteiger partial charge in [-0.2, -0.15) is 11.8 Å². The van der Waals surface area contributed by atoms with Gasteiger partial charge < -0.3 is 5.73 Å². The molecule has 1 nitrogen and oxygen atoms in total. The lowest BCUT2D eigenvalue weighted by atomic mass is 10.1. The number of hydrogen-bond donors (Lipinski definition) is 1. The molecule has 0 aromatic heterocycles. The average Bonchev–Trinajstić information content (AvgIpc) is 2.10. The lowest BCUT2D eigenvalue weighted by molar-refractivity contribution is 0.591. The smallest absolute Gasteiger partial charge is 0.137 e. The summed E-state index contributed by atoms with van der Waals surface area (Å²) in [7, 11) is 0. The zero-order chi connectivity index (χ0) is 11.5. The van der Waals surface area contributed by atoms with E-state index in [9.17, 15) is 4.39 Å². The Bertz CT molecular complexity index is 336. The van der Waals surface area contributed by atoms with Crippen molar-refractivity contribution in [3.63, 3.8) is 0 Å². The second kappa shape index (κ2) is 5.32. The van der Waals surface area contributed by atoms with E-state index in [1.807, 2.05) is 19.9 Å². The van der Waals surface area contributed by atoms with E-state index >= 15 is 0 Å². The van der Waals surface area contributed by atoms with E-state index in [0.717, 1.165) is 17.1 Å². The minimum atomic E-state index is -0.208. The summed E-state index contributed by atoms with van der Waals surface area (Å²) in [4.78, 5) is 0. The molecule has 84 valence electrons. The van der Waals surface area contributed by atoms with Gasteiger partial charge in [0.15, 0.2) is 0 Å². The number of thioether (sulfide) groups is 1. The molecule has 0 aliphatic rings. The van der Waals surface area contributed by atoms with Gasteiger partial charge in [-0.1, -0.05) is 12.1 Å². The zero-order valence-electron chi connectivity index (χ0n) is 8.89. The topological polar surface area (TPSA) is 26.0 Å². The first kappa shape index (κ1) is 13.0. The highest BCUT2D eigenvalue weighted by molar-refractivity contribution is 9.10. The van der Waals surface area contributed by atoms with E-state index < -0.39 is 0 Å². The van der Waals surface area contributed by atoms with Gasteiger partial charge in [-0.25, -0.2) is 4.39 Å². The molecule has 0 heterocycles. The van der Waals surface area contributed by atoms with Crippen LogP contribution in [0.4, 0.5) is 4.39 Å². The van der Waals surface area contributed by atoms with Crippen LogP contribution in [0.3, 0.4) is 0 Å². The molecule has 2 N–H and O–H groups in total. The summed E-state index contributed by atoms with van der Waals surface area (Å²) in [6.45, 7) is 3.97. The van der Waals surface area contributed by atoms with Gasteiger partial charge in [-0.05, 0) is 41.4 Å². The molecular weight excluding hydrogens is 277 g/mol. The monoisotopic (exact) mass is 291 g/mol. The fourth-order valence-corrected chi connectivity index (χ4v) is 2.76. The molecule has 1 aromatic carbocycles. The number of nitrogens with two attached hydrogens (primary N) is 1. The van der Waals surface area contributed by atoms with Crippen molar-refractivity contribution >= 4 is 27.7 Å². The van der Waals surface area contributed by atoms with Crippen molar-refractivity contribution in [3.05, 3.63) is 34.1 Å². The van der Waals surface area contributed by atoms with E-state index in [0.29, 0.717) is 4.47 Å². The first-order valence-corrected chi connectivity index (χ1v) is 6.64. The Morgan fingerprint density at radius 2 is 2.13 bits per heavy atom. The maximum absolute atomic E-state index is 13.2. The molecule has 0 saturated heterocycles. The van der Waals surface area contributed by atoms with Crippen LogP contribution in [-0.2, 0) is 5.75 Å². The molecular formula is C11H15BrFNS. The van der Waals surface area contributed by atoms with Gasteiger partial charge in [0.2, 0.25) is 0 Å². The number of rotatable bonds is 4. The molecule has 1 aromatic rings. The van der Waals surface area contributed by atoms with Crippen LogP contribution in [0.15, 0.2) is 22.7 Å². The van der Waals surface area contributed by atoms with Crippen LogP contribution in [0.1, 0.15) is 19.4 Å². The van der Waals surface area contributed by atoms with Crippen LogP contribution in [0.2, 0.25) is 0 Å². The third-order valence-electron chi connectivity index (χ3n) is 1.76. The number of hydrogen-bond acceptors (Lipinski definition) is 2. The minimum Gasteiger partial charge on any atom is -0.325 e. The minimum absolute atomic E-state index is 0.176. The van der Waals surface area contributed by atoms with E-state index in [2.05, 4.69) is 15.9 Å². The lowest BCUT2D eigenvalue weighted by Gasteiger charge is -2.17. The van der Waals surface area contributed by atoms with Gasteiger partial charge in [-0.15, -0.1) is 0 Å². The highest BCUT2D eigenvalue weighted by atomic mass is 79.9. The maximum Gasteiger partial charge on any atom is 0.137 e. The number of benzene rings is 1. The van der Waals surface area contributed by atoms with Gasteiger partial charge in [0.25, 0.3) is 0 Å². The van der Waals surface area contributed by atoms with Crippen molar-refractivity contribution in [2.75, 3.05) is 5.75 Å². The van der Waals surface area contributed by atoms with Gasteiger partial charge >= 0.3 is 0 Å². The SMILES string of the molecule is CC(C)(N)CSCc1cccc(F)c1Br. The van der Waals surface area contributed by atoms with Crippen molar-refractivity contribution in [3.8, 4) is 0 Å². The predicted molar refractivity (Wildman–Crippen MR) is 68.5 cm³/mol. The Balaban J connectivity index is 2.55. The zero-order valence-corrected chi connectivity index (χ0v) is 11.3. The molecule has 0 spiro atoms. The summed E-state index contributed by atoms with van der Waals surface area (Å²) >= 11 is 4.96. The van der Waals surface area contributed by atoms with Crippen LogP contribution >= 0.6 is 27.7 Å². The van der Waals surface area contributed by atoms with E-state index in [4.69, 9.17) is 5.73 Å². The molecule has 0 saturated carbocycles. The quantitative estimate of drug-likeness (QED) is 0.918. The van der Waals surface area contributed by atoms with Gasteiger partial charge in [0.1, 0.15) is 5.82 Å². The lowest BCUT2D eigenvalue weighted by Crippen LogP contribution is -2.34. The Labute approximate surface area is 103 Å². The highest BCUT2D eigenvalue weighted by Gasteiger charge is 2.11. The standard InChI is InChI=1S/C11H15BrFNS/c1-11(2,14)7-15-6-8-4-3-5-9(13)10(8)12/h3-5H,6-7,14H2,1-2H3. The van der Waals surface area contributed by atoms with E-state index in [1.165, 1.54) is 6.07 Å². The Morgan fingerprint density at radius 3 is 2.73 bits per heavy atom. The van der Waals surface area contributed by atoms with Crippen molar-refractivity contribution < 1.29 is 4.39 Å². The predicted octanol–water partition coefficient (Wildman–Crippen LogP) is 3.56. The van der Waals surface area contributed by atoms with Crippen molar-refractivity contribution in [1.82, 2.24) is 0 Å². The maximum atomic E-state index is 13.2. The molecule has 0 atom stereocenters. The fourth-order valence-electron chi connectivity index (χ4n) is 1.08. The van der Waals surface area contributed by atoms with Gasteiger partial charge in [-0.3, -0.25) is 0 Å². The summed E-state index contributed by atoms with van der Waals surface area (Å²) in [6.07, 6.45) is 0. The molecule has 0 aliphatic heterocycles. The summed E-state index contributed by atoms with van der Waals surface area (Å²) in [6, 6.07) is 5.10. The van der Waals surface area contributed by atoms with Crippen LogP contribution in [-0.4, -0.2) is 11.3 Å². The largest absolute Gasteiger partial charge is 0.325 e. The molecule has 0 unspecified atom stereocenters. The Morgan fingerprint density at radius 1 is 1.47 bits per heavy atom. The van der Waals surface area contributed by atoms with Crippen molar-refractivity contribution in [1.29, 1.82) is 0 Å². The molecule has 1 rings (SSSR count). The fraction of sp³-hybridized carbons (Fsp3) is 0.455. The second-order valence-electron chi connectivity index (χ2n) is 4.19. The normalized spacial score (nSPS) is 11.8. The number of halogens is 2. The molecule has 0 bridgehead atoms. The molecule has 0 radical (unpaired) electrons. The van der Waals surface area contributed by atoms with Crippen LogP contribution in [0.25, 0.3) is 0 Å². The molecule has 15 heavy (non-hydrogen) atoms. The Hall–Kier alpha value is -0.0600. The summed E-state index contributed by atoms with van der Waals surface area (Å²) in [5, 5.41) is 0. The third kappa shape index (κ3) is 4.53. The highest BCUT2D eigenvalue weighted by Crippen LogP contribution is 2.25. The van der Waals surface area contributed by atoms with Crippen molar-refractivity contribution in [2.45, 2.75) is 25.1 Å². The van der Waals surface area contributed by atoms with E-state index in [1.54, 1.807) is 17.8 Å². The molecule has 4 heteroatoms. The first-order chi connectivity index (χ1) is 6.90. The Kier molecular flexibility index (Phi) is 4.62. The molecule has 0 fully saturated rings. The first-order valence-electron chi connectivity index (χ1n) is 4.70. The van der Waals surface area contributed by atoms with Crippen LogP contribution < -0.4 is 5.73 Å². The van der Waals surface area contributed by atoms with Crippen LogP contribution in [0, 0.1) is 5.82 Å². The van der Waals surface area contributed by atoms with Gasteiger partial charge in [0.05, 0.1) is 4.47 Å². The average molecular weight is 292 g/mol. The summed E-state index contributed by atoms with van der Waals surface area (Å²) in [5.74, 6) is 1.43. The third-order valence-corrected chi connectivity index (χ3v) is 4.11. The van der Waals surface area contributed by atoms with Crippen LogP contribution in [0.5, 0.6) is 0 Å². The second-order valence-corrected chi connectivity index (χ2v) is 5.97. The molecule has 0 amide bonds. The van der Waals surface area contributed by atoms with Gasteiger partial charge in [0, 0.05) is 17.0 Å². The molecule has 0 aliphatic carbocycles. The summed E-state index contributed by atoms with van der Waals surface area (Å²) < 4.78 is 13.7. The summed E-state index contributed by atoms with van der Waals surface area (Å²) in [5.41, 5.74) is 6.66. The van der Waals surface area contributed by atoms with Crippen molar-refractivity contribution in [2.24, 2.45) is 5.73 Å².